The van der Waals surface area contributed by atoms with Gasteiger partial charge in [0.2, 0.25) is 5.91 Å². The Morgan fingerprint density at radius 1 is 1.30 bits per heavy atom. The molecule has 122 valence electrons. The monoisotopic (exact) mass is 315 g/mol. The molecular weight excluding hydrogens is 294 g/mol. The standard InChI is InChI=1S/C17H21N3O3/c1-12-5-4-8-19(10-12)16(22)14-7-3-2-6-13(14)11-20-15(21)9-18-17(20)23/h2-3,6-7,12H,4-5,8-11H2,1H3,(H,18,23)/t12-/m0/s1. The molecular formula is C17H21N3O3. The molecule has 2 saturated heterocycles. The highest BCUT2D eigenvalue weighted by Gasteiger charge is 2.30. The fourth-order valence-electron chi connectivity index (χ4n) is 3.20. The summed E-state index contributed by atoms with van der Waals surface area (Å²) in [6.45, 7) is 3.84. The minimum Gasteiger partial charge on any atom is -0.338 e. The third-order valence-electron chi connectivity index (χ3n) is 4.46. The van der Waals surface area contributed by atoms with Crippen LogP contribution in [0.2, 0.25) is 0 Å². The second kappa shape index (κ2) is 6.40. The van der Waals surface area contributed by atoms with Gasteiger partial charge in [0.15, 0.2) is 0 Å². The Hall–Kier alpha value is -2.37. The van der Waals surface area contributed by atoms with Gasteiger partial charge in [0.25, 0.3) is 5.91 Å². The molecule has 6 heteroatoms. The van der Waals surface area contributed by atoms with Gasteiger partial charge in [-0.05, 0) is 30.4 Å². The summed E-state index contributed by atoms with van der Waals surface area (Å²) in [4.78, 5) is 39.3. The van der Waals surface area contributed by atoms with E-state index in [1.807, 2.05) is 17.0 Å². The maximum Gasteiger partial charge on any atom is 0.324 e. The van der Waals surface area contributed by atoms with Crippen molar-refractivity contribution in [3.8, 4) is 0 Å². The number of nitrogens with zero attached hydrogens (tertiary/aromatic N) is 2. The van der Waals surface area contributed by atoms with Crippen molar-refractivity contribution < 1.29 is 14.4 Å². The molecule has 1 aromatic carbocycles. The Morgan fingerprint density at radius 2 is 2.09 bits per heavy atom. The lowest BCUT2D eigenvalue weighted by Gasteiger charge is -2.31. The number of urea groups is 1. The van der Waals surface area contributed by atoms with E-state index in [0.29, 0.717) is 17.0 Å². The summed E-state index contributed by atoms with van der Waals surface area (Å²) in [6.07, 6.45) is 2.16. The highest BCUT2D eigenvalue weighted by atomic mass is 16.2. The average molecular weight is 315 g/mol. The van der Waals surface area contributed by atoms with Gasteiger partial charge in [0.1, 0.15) is 0 Å². The summed E-state index contributed by atoms with van der Waals surface area (Å²) >= 11 is 0. The Bertz CT molecular complexity index is 628. The van der Waals surface area contributed by atoms with E-state index in [1.54, 1.807) is 12.1 Å². The molecule has 1 aromatic rings. The van der Waals surface area contributed by atoms with Crippen LogP contribution in [0.25, 0.3) is 0 Å². The maximum atomic E-state index is 12.8. The number of amides is 4. The number of imide groups is 1. The quantitative estimate of drug-likeness (QED) is 0.862. The van der Waals surface area contributed by atoms with Crippen molar-refractivity contribution in [2.24, 2.45) is 5.92 Å². The second-order valence-corrected chi connectivity index (χ2v) is 6.29. The van der Waals surface area contributed by atoms with Crippen molar-refractivity contribution in [3.05, 3.63) is 35.4 Å². The number of benzene rings is 1. The van der Waals surface area contributed by atoms with Gasteiger partial charge in [-0.2, -0.15) is 0 Å². The third-order valence-corrected chi connectivity index (χ3v) is 4.46. The number of rotatable bonds is 3. The van der Waals surface area contributed by atoms with Crippen LogP contribution in [0.4, 0.5) is 4.79 Å². The largest absolute Gasteiger partial charge is 0.338 e. The van der Waals surface area contributed by atoms with Crippen molar-refractivity contribution in [2.75, 3.05) is 19.6 Å². The van der Waals surface area contributed by atoms with Crippen molar-refractivity contribution >= 4 is 17.8 Å². The number of hydrogen-bond acceptors (Lipinski definition) is 3. The second-order valence-electron chi connectivity index (χ2n) is 6.29. The number of carbonyl (C=O) groups is 3. The van der Waals surface area contributed by atoms with E-state index < -0.39 is 6.03 Å². The molecule has 2 fully saturated rings. The lowest BCUT2D eigenvalue weighted by Crippen LogP contribution is -2.40. The van der Waals surface area contributed by atoms with Crippen LogP contribution in [-0.4, -0.2) is 47.3 Å². The molecule has 2 aliphatic rings. The zero-order valence-corrected chi connectivity index (χ0v) is 13.2. The number of likely N-dealkylation sites (tertiary alicyclic amines) is 1. The summed E-state index contributed by atoms with van der Waals surface area (Å²) in [5, 5.41) is 2.50. The van der Waals surface area contributed by atoms with Crippen molar-refractivity contribution in [1.29, 1.82) is 0 Å². The molecule has 0 bridgehead atoms. The Labute approximate surface area is 135 Å². The maximum absolute atomic E-state index is 12.8. The Balaban J connectivity index is 1.81. The van der Waals surface area contributed by atoms with Gasteiger partial charge in [-0.1, -0.05) is 25.1 Å². The lowest BCUT2D eigenvalue weighted by atomic mass is 9.98. The molecule has 0 spiro atoms. The zero-order chi connectivity index (χ0) is 16.4. The first kappa shape index (κ1) is 15.5. The van der Waals surface area contributed by atoms with Gasteiger partial charge in [0, 0.05) is 18.7 Å². The first-order valence-corrected chi connectivity index (χ1v) is 8.01. The van der Waals surface area contributed by atoms with Gasteiger partial charge in [-0.3, -0.25) is 14.5 Å². The third kappa shape index (κ3) is 3.21. The highest BCUT2D eigenvalue weighted by Crippen LogP contribution is 2.21. The first-order valence-electron chi connectivity index (χ1n) is 8.01. The van der Waals surface area contributed by atoms with E-state index in [2.05, 4.69) is 12.2 Å². The van der Waals surface area contributed by atoms with Crippen LogP contribution in [0.15, 0.2) is 24.3 Å². The summed E-state index contributed by atoms with van der Waals surface area (Å²) in [6, 6.07) is 6.82. The predicted octanol–water partition coefficient (Wildman–Crippen LogP) is 1.61. The smallest absolute Gasteiger partial charge is 0.324 e. The molecule has 2 aliphatic heterocycles. The number of piperidine rings is 1. The van der Waals surface area contributed by atoms with E-state index in [1.165, 1.54) is 0 Å². The minimum atomic E-state index is -0.399. The highest BCUT2D eigenvalue weighted by molar-refractivity contribution is 6.02. The molecule has 2 heterocycles. The van der Waals surface area contributed by atoms with Crippen LogP contribution in [-0.2, 0) is 11.3 Å². The summed E-state index contributed by atoms with van der Waals surface area (Å²) < 4.78 is 0. The van der Waals surface area contributed by atoms with Crippen LogP contribution in [0.1, 0.15) is 35.7 Å². The van der Waals surface area contributed by atoms with Gasteiger partial charge >= 0.3 is 6.03 Å². The van der Waals surface area contributed by atoms with Crippen LogP contribution in [0.3, 0.4) is 0 Å². The summed E-state index contributed by atoms with van der Waals surface area (Å²) in [7, 11) is 0. The number of hydrogen-bond donors (Lipinski definition) is 1. The van der Waals surface area contributed by atoms with Crippen molar-refractivity contribution in [3.63, 3.8) is 0 Å². The van der Waals surface area contributed by atoms with Crippen LogP contribution < -0.4 is 5.32 Å². The average Bonchev–Trinajstić information content (AvgIpc) is 2.87. The SMILES string of the molecule is C[C@H]1CCCN(C(=O)c2ccccc2CN2C(=O)CNC2=O)C1. The Morgan fingerprint density at radius 3 is 2.78 bits per heavy atom. The Kier molecular flexibility index (Phi) is 4.32. The molecule has 23 heavy (non-hydrogen) atoms. The van der Waals surface area contributed by atoms with Gasteiger partial charge in [-0.25, -0.2) is 4.79 Å². The summed E-state index contributed by atoms with van der Waals surface area (Å²) in [5.74, 6) is 0.230. The van der Waals surface area contributed by atoms with Crippen molar-refractivity contribution in [1.82, 2.24) is 15.1 Å². The molecule has 3 rings (SSSR count). The van der Waals surface area contributed by atoms with E-state index in [9.17, 15) is 14.4 Å². The van der Waals surface area contributed by atoms with Gasteiger partial charge in [-0.15, -0.1) is 0 Å². The van der Waals surface area contributed by atoms with Crippen LogP contribution in [0, 0.1) is 5.92 Å². The molecule has 0 aliphatic carbocycles. The molecule has 6 nitrogen and oxygen atoms in total. The molecule has 1 atom stereocenters. The molecule has 1 N–H and O–H groups in total. The van der Waals surface area contributed by atoms with Crippen LogP contribution >= 0.6 is 0 Å². The van der Waals surface area contributed by atoms with Crippen molar-refractivity contribution in [2.45, 2.75) is 26.3 Å². The molecule has 0 radical (unpaired) electrons. The first-order chi connectivity index (χ1) is 11.1. The molecule has 0 unspecified atom stereocenters. The van der Waals surface area contributed by atoms with E-state index in [4.69, 9.17) is 0 Å². The topological polar surface area (TPSA) is 69.7 Å². The van der Waals surface area contributed by atoms with Gasteiger partial charge < -0.3 is 10.2 Å². The minimum absolute atomic E-state index is 0.0146. The fraction of sp³-hybridized carbons (Fsp3) is 0.471. The lowest BCUT2D eigenvalue weighted by molar-refractivity contribution is -0.125. The summed E-state index contributed by atoms with van der Waals surface area (Å²) in [5.41, 5.74) is 1.29. The zero-order valence-electron chi connectivity index (χ0n) is 13.2. The van der Waals surface area contributed by atoms with E-state index in [-0.39, 0.29) is 24.9 Å². The molecule has 4 amide bonds. The number of nitrogens with one attached hydrogen (secondary N) is 1. The molecule has 0 saturated carbocycles. The predicted molar refractivity (Wildman–Crippen MR) is 84.7 cm³/mol. The van der Waals surface area contributed by atoms with Gasteiger partial charge in [0.05, 0.1) is 13.1 Å². The fourth-order valence-corrected chi connectivity index (χ4v) is 3.20. The van der Waals surface area contributed by atoms with E-state index >= 15 is 0 Å². The normalized spacial score (nSPS) is 21.5. The molecule has 0 aromatic heterocycles. The number of carbonyl (C=O) groups excluding carboxylic acids is 3. The van der Waals surface area contributed by atoms with Crippen LogP contribution in [0.5, 0.6) is 0 Å². The van der Waals surface area contributed by atoms with E-state index in [0.717, 1.165) is 30.8 Å².